The zero-order chi connectivity index (χ0) is 16.8. The number of nitrogens with one attached hydrogen (secondary N) is 1. The van der Waals surface area contributed by atoms with Crippen molar-refractivity contribution >= 4 is 29.3 Å². The van der Waals surface area contributed by atoms with Crippen LogP contribution in [-0.2, 0) is 11.2 Å². The Bertz CT molecular complexity index is 659. The summed E-state index contributed by atoms with van der Waals surface area (Å²) in [6.45, 7) is 0.0590. The van der Waals surface area contributed by atoms with Gasteiger partial charge in [-0.2, -0.15) is 0 Å². The molecule has 2 aromatic rings. The molecule has 2 rings (SSSR count). The molecule has 2 N–H and O–H groups in total. The van der Waals surface area contributed by atoms with E-state index >= 15 is 0 Å². The summed E-state index contributed by atoms with van der Waals surface area (Å²) in [4.78, 5) is 13.0. The Morgan fingerprint density at radius 3 is 2.61 bits per heavy atom. The first-order valence-corrected chi connectivity index (χ1v) is 8.63. The third-order valence-corrected chi connectivity index (χ3v) is 4.49. The van der Waals surface area contributed by atoms with Gasteiger partial charge in [0.1, 0.15) is 5.82 Å². The third kappa shape index (κ3) is 4.96. The highest BCUT2D eigenvalue weighted by Crippen LogP contribution is 2.20. The van der Waals surface area contributed by atoms with Crippen molar-refractivity contribution in [3.05, 3.63) is 64.4 Å². The fraction of sp³-hybridized carbons (Fsp3) is 0.235. The highest BCUT2D eigenvalue weighted by atomic mass is 35.5. The summed E-state index contributed by atoms with van der Waals surface area (Å²) in [5.74, 6) is -0.905. The van der Waals surface area contributed by atoms with Crippen molar-refractivity contribution in [1.82, 2.24) is 5.32 Å². The molecule has 0 aliphatic rings. The number of thioether (sulfide) groups is 1. The van der Waals surface area contributed by atoms with Crippen LogP contribution in [-0.4, -0.2) is 23.8 Å². The van der Waals surface area contributed by atoms with Gasteiger partial charge in [0.25, 0.3) is 0 Å². The highest BCUT2D eigenvalue weighted by Gasteiger charge is 2.14. The van der Waals surface area contributed by atoms with Crippen LogP contribution in [0.25, 0.3) is 0 Å². The van der Waals surface area contributed by atoms with Gasteiger partial charge < -0.3 is 10.4 Å². The van der Waals surface area contributed by atoms with Gasteiger partial charge in [-0.15, -0.1) is 11.8 Å². The summed E-state index contributed by atoms with van der Waals surface area (Å²) in [6.07, 6.45) is 0.995. The van der Waals surface area contributed by atoms with Gasteiger partial charge in [-0.25, -0.2) is 4.39 Å². The first kappa shape index (κ1) is 17.8. The number of rotatable bonds is 6. The van der Waals surface area contributed by atoms with Crippen LogP contribution in [0.2, 0.25) is 5.02 Å². The van der Waals surface area contributed by atoms with Gasteiger partial charge >= 0.3 is 0 Å². The predicted molar refractivity (Wildman–Crippen MR) is 91.3 cm³/mol. The van der Waals surface area contributed by atoms with Gasteiger partial charge in [0.2, 0.25) is 5.91 Å². The van der Waals surface area contributed by atoms with Crippen LogP contribution in [0.1, 0.15) is 17.2 Å². The Kier molecular flexibility index (Phi) is 6.45. The van der Waals surface area contributed by atoms with E-state index in [1.165, 1.54) is 18.2 Å². The first-order valence-electron chi connectivity index (χ1n) is 7.03. The van der Waals surface area contributed by atoms with E-state index in [0.29, 0.717) is 5.56 Å². The number of carbonyl (C=O) groups excluding carboxylic acids is 1. The number of amides is 1. The van der Waals surface area contributed by atoms with Crippen LogP contribution >= 0.6 is 23.4 Å². The summed E-state index contributed by atoms with van der Waals surface area (Å²) >= 11 is 7.50. The molecule has 0 bridgehead atoms. The van der Waals surface area contributed by atoms with Crippen molar-refractivity contribution in [2.45, 2.75) is 17.4 Å². The number of carbonyl (C=O) groups is 1. The molecule has 0 aromatic heterocycles. The molecule has 122 valence electrons. The number of hydrogen-bond acceptors (Lipinski definition) is 3. The van der Waals surface area contributed by atoms with E-state index in [2.05, 4.69) is 5.32 Å². The minimum absolute atomic E-state index is 0.0590. The smallest absolute Gasteiger partial charge is 0.224 e. The van der Waals surface area contributed by atoms with Crippen molar-refractivity contribution in [2.24, 2.45) is 0 Å². The molecule has 0 unspecified atom stereocenters. The summed E-state index contributed by atoms with van der Waals surface area (Å²) in [7, 11) is 0. The second kappa shape index (κ2) is 8.34. The van der Waals surface area contributed by atoms with Gasteiger partial charge in [0, 0.05) is 22.0 Å². The maximum atomic E-state index is 13.6. The van der Waals surface area contributed by atoms with Gasteiger partial charge in [-0.05, 0) is 36.1 Å². The van der Waals surface area contributed by atoms with Crippen LogP contribution in [0.4, 0.5) is 4.39 Å². The number of halogens is 2. The molecule has 2 aromatic carbocycles. The molecule has 23 heavy (non-hydrogen) atoms. The SMILES string of the molecule is CSc1ccc([C@H](O)CNC(=O)Cc2c(F)cccc2Cl)cc1. The van der Waals surface area contributed by atoms with Crippen molar-refractivity contribution in [1.29, 1.82) is 0 Å². The van der Waals surface area contributed by atoms with E-state index in [-0.39, 0.29) is 23.6 Å². The topological polar surface area (TPSA) is 49.3 Å². The molecule has 0 saturated carbocycles. The largest absolute Gasteiger partial charge is 0.387 e. The Morgan fingerprint density at radius 1 is 1.30 bits per heavy atom. The monoisotopic (exact) mass is 353 g/mol. The van der Waals surface area contributed by atoms with Crippen LogP contribution in [0.15, 0.2) is 47.4 Å². The van der Waals surface area contributed by atoms with Crippen molar-refractivity contribution in [3.63, 3.8) is 0 Å². The van der Waals surface area contributed by atoms with Gasteiger partial charge in [0.15, 0.2) is 0 Å². The summed E-state index contributed by atoms with van der Waals surface area (Å²) in [5, 5.41) is 12.9. The molecule has 0 radical (unpaired) electrons. The maximum Gasteiger partial charge on any atom is 0.224 e. The van der Waals surface area contributed by atoms with Gasteiger partial charge in [-0.3, -0.25) is 4.79 Å². The van der Waals surface area contributed by atoms with Crippen LogP contribution in [0.5, 0.6) is 0 Å². The highest BCUT2D eigenvalue weighted by molar-refractivity contribution is 7.98. The number of aliphatic hydroxyl groups is 1. The van der Waals surface area contributed by atoms with Crippen molar-refractivity contribution in [2.75, 3.05) is 12.8 Å². The lowest BCUT2D eigenvalue weighted by molar-refractivity contribution is -0.120. The normalized spacial score (nSPS) is 12.0. The number of aliphatic hydroxyl groups excluding tert-OH is 1. The van der Waals surface area contributed by atoms with Gasteiger partial charge in [-0.1, -0.05) is 29.8 Å². The fourth-order valence-electron chi connectivity index (χ4n) is 2.08. The molecule has 1 atom stereocenters. The molecule has 0 aliphatic heterocycles. The van der Waals surface area contributed by atoms with E-state index in [1.54, 1.807) is 11.8 Å². The second-order valence-electron chi connectivity index (χ2n) is 4.97. The summed E-state index contributed by atoms with van der Waals surface area (Å²) in [5.41, 5.74) is 0.873. The molecule has 6 heteroatoms. The standard InChI is InChI=1S/C17H17ClFNO2S/c1-23-12-7-5-11(6-8-12)16(21)10-20-17(22)9-13-14(18)3-2-4-15(13)19/h2-8,16,21H,9-10H2,1H3,(H,20,22)/t16-/m1/s1. The molecular formula is C17H17ClFNO2S. The zero-order valence-electron chi connectivity index (χ0n) is 12.6. The molecule has 0 saturated heterocycles. The molecule has 0 heterocycles. The van der Waals surface area contributed by atoms with Crippen LogP contribution < -0.4 is 5.32 Å². The number of hydrogen-bond donors (Lipinski definition) is 2. The Balaban J connectivity index is 1.90. The lowest BCUT2D eigenvalue weighted by Crippen LogP contribution is -2.30. The fourth-order valence-corrected chi connectivity index (χ4v) is 2.72. The van der Waals surface area contributed by atoms with Gasteiger partial charge in [0.05, 0.1) is 12.5 Å². The van der Waals surface area contributed by atoms with Crippen molar-refractivity contribution < 1.29 is 14.3 Å². The lowest BCUT2D eigenvalue weighted by atomic mass is 10.1. The second-order valence-corrected chi connectivity index (χ2v) is 6.26. The number of benzene rings is 2. The Morgan fingerprint density at radius 2 is 2.00 bits per heavy atom. The van der Waals surface area contributed by atoms with E-state index < -0.39 is 17.8 Å². The van der Waals surface area contributed by atoms with E-state index in [9.17, 15) is 14.3 Å². The molecule has 1 amide bonds. The molecule has 3 nitrogen and oxygen atoms in total. The van der Waals surface area contributed by atoms with E-state index in [1.807, 2.05) is 30.5 Å². The Hall–Kier alpha value is -1.56. The van der Waals surface area contributed by atoms with E-state index in [0.717, 1.165) is 4.90 Å². The quantitative estimate of drug-likeness (QED) is 0.780. The molecule has 0 spiro atoms. The first-order chi connectivity index (χ1) is 11.0. The zero-order valence-corrected chi connectivity index (χ0v) is 14.1. The predicted octanol–water partition coefficient (Wildman–Crippen LogP) is 3.59. The average molecular weight is 354 g/mol. The Labute approximate surface area is 143 Å². The molecule has 0 fully saturated rings. The summed E-state index contributed by atoms with van der Waals surface area (Å²) < 4.78 is 13.6. The summed E-state index contributed by atoms with van der Waals surface area (Å²) in [6, 6.07) is 11.7. The maximum absolute atomic E-state index is 13.6. The lowest BCUT2D eigenvalue weighted by Gasteiger charge is -2.13. The molecular weight excluding hydrogens is 337 g/mol. The molecule has 0 aliphatic carbocycles. The minimum atomic E-state index is -0.814. The van der Waals surface area contributed by atoms with E-state index in [4.69, 9.17) is 11.6 Å². The van der Waals surface area contributed by atoms with Crippen LogP contribution in [0.3, 0.4) is 0 Å². The average Bonchev–Trinajstić information content (AvgIpc) is 2.56. The van der Waals surface area contributed by atoms with Crippen molar-refractivity contribution in [3.8, 4) is 0 Å². The third-order valence-electron chi connectivity index (χ3n) is 3.39. The van der Waals surface area contributed by atoms with Crippen LogP contribution in [0, 0.1) is 5.82 Å². The minimum Gasteiger partial charge on any atom is -0.387 e.